The van der Waals surface area contributed by atoms with Crippen LogP contribution in [0.5, 0.6) is 0 Å². The van der Waals surface area contributed by atoms with Crippen molar-refractivity contribution in [1.82, 2.24) is 0 Å². The predicted molar refractivity (Wildman–Crippen MR) is 73.7 cm³/mol. The molecule has 5 heteroatoms. The van der Waals surface area contributed by atoms with Crippen molar-refractivity contribution in [2.75, 3.05) is 11.9 Å². The maximum absolute atomic E-state index is 10.5. The van der Waals surface area contributed by atoms with Gasteiger partial charge < -0.3 is 5.32 Å². The molecule has 1 N–H and O–H groups in total. The van der Waals surface area contributed by atoms with Crippen LogP contribution in [-0.4, -0.2) is 11.5 Å². The Labute approximate surface area is 108 Å². The summed E-state index contributed by atoms with van der Waals surface area (Å²) in [6.45, 7) is 2.81. The fraction of sp³-hybridized carbons (Fsp3) is 0.273. The van der Waals surface area contributed by atoms with Crippen LogP contribution in [0.25, 0.3) is 0 Å². The number of benzene rings is 1. The summed E-state index contributed by atoms with van der Waals surface area (Å²) in [4.78, 5) is 10.2. The quantitative estimate of drug-likeness (QED) is 0.295. The van der Waals surface area contributed by atoms with Gasteiger partial charge in [-0.3, -0.25) is 10.1 Å². The zero-order valence-electron chi connectivity index (χ0n) is 8.94. The molecule has 0 bridgehead atoms. The number of hydrogen-bond donors (Lipinski definition) is 1. The Bertz CT molecular complexity index is 405. The second kappa shape index (κ2) is 6.47. The normalized spacial score (nSPS) is 10.6. The molecule has 16 heavy (non-hydrogen) atoms. The van der Waals surface area contributed by atoms with Crippen LogP contribution in [0.15, 0.2) is 30.4 Å². The molecule has 0 amide bonds. The molecule has 1 aromatic rings. The van der Waals surface area contributed by atoms with Crippen LogP contribution in [0, 0.1) is 13.7 Å². The SMILES string of the molecule is C/C=C/CCNc1ccc([N+](=O)[O-])cc1I. The molecule has 0 saturated heterocycles. The highest BCUT2D eigenvalue weighted by atomic mass is 127. The van der Waals surface area contributed by atoms with E-state index in [1.165, 1.54) is 6.07 Å². The number of halogens is 1. The molecule has 0 fully saturated rings. The van der Waals surface area contributed by atoms with Gasteiger partial charge in [0.25, 0.3) is 5.69 Å². The van der Waals surface area contributed by atoms with E-state index < -0.39 is 0 Å². The van der Waals surface area contributed by atoms with Gasteiger partial charge in [0, 0.05) is 27.9 Å². The Balaban J connectivity index is 2.64. The van der Waals surface area contributed by atoms with Gasteiger partial charge in [-0.15, -0.1) is 0 Å². The van der Waals surface area contributed by atoms with Crippen molar-refractivity contribution in [2.45, 2.75) is 13.3 Å². The Kier molecular flexibility index (Phi) is 5.24. The summed E-state index contributed by atoms with van der Waals surface area (Å²) in [7, 11) is 0. The summed E-state index contributed by atoms with van der Waals surface area (Å²) in [5, 5.41) is 13.8. The first-order valence-corrected chi connectivity index (χ1v) is 6.02. The molecule has 0 radical (unpaired) electrons. The number of anilines is 1. The molecule has 86 valence electrons. The molecule has 0 aromatic heterocycles. The molecule has 0 atom stereocenters. The van der Waals surface area contributed by atoms with E-state index in [1.54, 1.807) is 12.1 Å². The number of nitrogens with zero attached hydrogens (tertiary/aromatic N) is 1. The van der Waals surface area contributed by atoms with Crippen LogP contribution < -0.4 is 5.32 Å². The van der Waals surface area contributed by atoms with Gasteiger partial charge >= 0.3 is 0 Å². The van der Waals surface area contributed by atoms with Crippen LogP contribution in [0.3, 0.4) is 0 Å². The molecule has 0 aliphatic rings. The first kappa shape index (κ1) is 13.0. The number of allylic oxidation sites excluding steroid dienone is 1. The van der Waals surface area contributed by atoms with Crippen molar-refractivity contribution < 1.29 is 4.92 Å². The molecule has 0 heterocycles. The monoisotopic (exact) mass is 332 g/mol. The number of nitro groups is 1. The first-order chi connectivity index (χ1) is 7.65. The minimum Gasteiger partial charge on any atom is -0.384 e. The minimum atomic E-state index is -0.383. The summed E-state index contributed by atoms with van der Waals surface area (Å²) >= 11 is 2.10. The Morgan fingerprint density at radius 2 is 2.31 bits per heavy atom. The maximum Gasteiger partial charge on any atom is 0.270 e. The van der Waals surface area contributed by atoms with Gasteiger partial charge in [0.15, 0.2) is 0 Å². The van der Waals surface area contributed by atoms with Crippen molar-refractivity contribution >= 4 is 34.0 Å². The molecule has 1 aromatic carbocycles. The Morgan fingerprint density at radius 1 is 1.56 bits per heavy atom. The number of hydrogen-bond acceptors (Lipinski definition) is 3. The molecule has 0 aliphatic carbocycles. The fourth-order valence-electron chi connectivity index (χ4n) is 1.22. The van der Waals surface area contributed by atoms with Crippen molar-refractivity contribution in [2.24, 2.45) is 0 Å². The zero-order valence-corrected chi connectivity index (χ0v) is 11.1. The van der Waals surface area contributed by atoms with E-state index in [-0.39, 0.29) is 10.6 Å². The lowest BCUT2D eigenvalue weighted by atomic mass is 10.3. The molecule has 0 spiro atoms. The van der Waals surface area contributed by atoms with E-state index in [2.05, 4.69) is 34.0 Å². The van der Waals surface area contributed by atoms with Crippen LogP contribution in [0.1, 0.15) is 13.3 Å². The Hall–Kier alpha value is -1.11. The maximum atomic E-state index is 10.5. The standard InChI is InChI=1S/C11H13IN2O2/c1-2-3-4-7-13-11-6-5-9(14(15)16)8-10(11)12/h2-3,5-6,8,13H,4,7H2,1H3/b3-2+. The first-order valence-electron chi connectivity index (χ1n) is 4.94. The number of nitro benzene ring substituents is 1. The average molecular weight is 332 g/mol. The van der Waals surface area contributed by atoms with Crippen LogP contribution >= 0.6 is 22.6 Å². The molecule has 0 unspecified atom stereocenters. The lowest BCUT2D eigenvalue weighted by Crippen LogP contribution is -2.02. The third kappa shape index (κ3) is 3.80. The van der Waals surface area contributed by atoms with Gasteiger partial charge in [0.05, 0.1) is 4.92 Å². The summed E-state index contributed by atoms with van der Waals surface area (Å²) in [6, 6.07) is 4.83. The Morgan fingerprint density at radius 3 is 2.88 bits per heavy atom. The van der Waals surface area contributed by atoms with Gasteiger partial charge in [-0.05, 0) is 42.0 Å². The lowest BCUT2D eigenvalue weighted by molar-refractivity contribution is -0.384. The van der Waals surface area contributed by atoms with E-state index in [9.17, 15) is 10.1 Å². The molecule has 0 aliphatic heterocycles. The van der Waals surface area contributed by atoms with Crippen LogP contribution in [-0.2, 0) is 0 Å². The van der Waals surface area contributed by atoms with Crippen LogP contribution in [0.2, 0.25) is 0 Å². The fourth-order valence-corrected chi connectivity index (χ4v) is 1.91. The molecular weight excluding hydrogens is 319 g/mol. The van der Waals surface area contributed by atoms with E-state index in [0.717, 1.165) is 22.2 Å². The third-order valence-corrected chi connectivity index (χ3v) is 2.92. The van der Waals surface area contributed by atoms with Gasteiger partial charge in [-0.2, -0.15) is 0 Å². The van der Waals surface area contributed by atoms with E-state index in [0.29, 0.717) is 0 Å². The number of non-ortho nitro benzene ring substituents is 1. The van der Waals surface area contributed by atoms with E-state index in [1.807, 2.05) is 13.0 Å². The summed E-state index contributed by atoms with van der Waals surface area (Å²) in [5.41, 5.74) is 1.07. The second-order valence-electron chi connectivity index (χ2n) is 3.21. The van der Waals surface area contributed by atoms with Crippen molar-refractivity contribution in [3.8, 4) is 0 Å². The van der Waals surface area contributed by atoms with Gasteiger partial charge in [0.1, 0.15) is 0 Å². The molecule has 0 saturated carbocycles. The van der Waals surface area contributed by atoms with E-state index >= 15 is 0 Å². The van der Waals surface area contributed by atoms with Gasteiger partial charge in [0.2, 0.25) is 0 Å². The van der Waals surface area contributed by atoms with Gasteiger partial charge in [-0.1, -0.05) is 12.2 Å². The topological polar surface area (TPSA) is 55.2 Å². The molecular formula is C11H13IN2O2. The summed E-state index contributed by atoms with van der Waals surface area (Å²) in [6.07, 6.45) is 5.03. The average Bonchev–Trinajstić information content (AvgIpc) is 2.26. The lowest BCUT2D eigenvalue weighted by Gasteiger charge is -2.06. The number of rotatable bonds is 5. The summed E-state index contributed by atoms with van der Waals surface area (Å²) in [5.74, 6) is 0. The highest BCUT2D eigenvalue weighted by molar-refractivity contribution is 14.1. The largest absolute Gasteiger partial charge is 0.384 e. The zero-order chi connectivity index (χ0) is 12.0. The number of nitrogens with one attached hydrogen (secondary N) is 1. The minimum absolute atomic E-state index is 0.128. The smallest absolute Gasteiger partial charge is 0.270 e. The van der Waals surface area contributed by atoms with E-state index in [4.69, 9.17) is 0 Å². The predicted octanol–water partition coefficient (Wildman–Crippen LogP) is 3.58. The summed E-state index contributed by atoms with van der Waals surface area (Å²) < 4.78 is 0.868. The van der Waals surface area contributed by atoms with Crippen molar-refractivity contribution in [1.29, 1.82) is 0 Å². The van der Waals surface area contributed by atoms with Crippen molar-refractivity contribution in [3.05, 3.63) is 44.0 Å². The highest BCUT2D eigenvalue weighted by Gasteiger charge is 2.07. The molecule has 4 nitrogen and oxygen atoms in total. The van der Waals surface area contributed by atoms with Crippen molar-refractivity contribution in [3.63, 3.8) is 0 Å². The van der Waals surface area contributed by atoms with Crippen LogP contribution in [0.4, 0.5) is 11.4 Å². The third-order valence-electron chi connectivity index (χ3n) is 2.03. The second-order valence-corrected chi connectivity index (χ2v) is 4.37. The highest BCUT2D eigenvalue weighted by Crippen LogP contribution is 2.23. The molecule has 1 rings (SSSR count). The van der Waals surface area contributed by atoms with Gasteiger partial charge in [-0.25, -0.2) is 0 Å².